The molecule has 1 aromatic carbocycles. The van der Waals surface area contributed by atoms with Gasteiger partial charge in [-0.15, -0.1) is 0 Å². The summed E-state index contributed by atoms with van der Waals surface area (Å²) in [5, 5.41) is 10.3. The van der Waals surface area contributed by atoms with Gasteiger partial charge < -0.3 is 14.6 Å². The summed E-state index contributed by atoms with van der Waals surface area (Å²) >= 11 is 0. The zero-order valence-corrected chi connectivity index (χ0v) is 23.4. The Morgan fingerprint density at radius 3 is 2.34 bits per heavy atom. The first-order chi connectivity index (χ1) is 16.2. The van der Waals surface area contributed by atoms with Gasteiger partial charge in [0.05, 0.1) is 0 Å². The van der Waals surface area contributed by atoms with Crippen LogP contribution in [0.2, 0.25) is 0 Å². The third-order valence-corrected chi connectivity index (χ3v) is 12.2. The van der Waals surface area contributed by atoms with E-state index in [1.165, 1.54) is 61.6 Å². The highest BCUT2D eigenvalue weighted by atomic mass is 16.7. The van der Waals surface area contributed by atoms with Gasteiger partial charge in [-0.1, -0.05) is 46.3 Å². The van der Waals surface area contributed by atoms with Gasteiger partial charge in [-0.05, 0) is 109 Å². The second kappa shape index (κ2) is 6.88. The molecule has 4 aliphatic carbocycles. The standard InChI is InChI=1S/C32H46O3/c1-20-21-9-10-24-30(6,22(21)17-23-26(20)35-27(2,3)34-23)14-16-32(8)25-18-28(4,19-33)11-12-29(25,5)13-15-31(24,32)7/h10,17,25,33H,9,11-16,18-19H2,1-8H3/t25-,28-,29-,30+,31-,32+/m1/s1. The minimum absolute atomic E-state index is 0.0421. The second-order valence-corrected chi connectivity index (χ2v) is 14.7. The second-order valence-electron chi connectivity index (χ2n) is 14.7. The molecule has 1 heterocycles. The number of hydrogen-bond acceptors (Lipinski definition) is 3. The summed E-state index contributed by atoms with van der Waals surface area (Å²) in [4.78, 5) is 0. The van der Waals surface area contributed by atoms with Crippen molar-refractivity contribution in [2.24, 2.45) is 27.6 Å². The monoisotopic (exact) mass is 478 g/mol. The Morgan fingerprint density at radius 1 is 0.914 bits per heavy atom. The summed E-state index contributed by atoms with van der Waals surface area (Å²) in [5.41, 5.74) is 6.83. The van der Waals surface area contributed by atoms with Gasteiger partial charge in [-0.3, -0.25) is 0 Å². The molecule has 0 unspecified atom stereocenters. The molecule has 1 N–H and O–H groups in total. The maximum Gasteiger partial charge on any atom is 0.246 e. The van der Waals surface area contributed by atoms with Crippen molar-refractivity contribution >= 4 is 0 Å². The fourth-order valence-electron chi connectivity index (χ4n) is 9.62. The zero-order chi connectivity index (χ0) is 25.2. The molecule has 192 valence electrons. The molecule has 6 atom stereocenters. The van der Waals surface area contributed by atoms with Crippen LogP contribution in [0, 0.1) is 34.5 Å². The SMILES string of the molecule is Cc1c2c(cc3c1OC(C)(C)O3)[C@]1(C)CC[C@@]3(C)[C@@H]4C[C@](C)(CO)CC[C@]4(C)CC[C@]3(C)C1=CC2. The number of benzene rings is 1. The highest BCUT2D eigenvalue weighted by Crippen LogP contribution is 2.74. The number of hydrogen-bond donors (Lipinski definition) is 1. The predicted octanol–water partition coefficient (Wildman–Crippen LogP) is 7.65. The third-order valence-electron chi connectivity index (χ3n) is 12.2. The van der Waals surface area contributed by atoms with Gasteiger partial charge in [-0.25, -0.2) is 0 Å². The summed E-state index contributed by atoms with van der Waals surface area (Å²) in [6.45, 7) is 19.2. The first-order valence-electron chi connectivity index (χ1n) is 14.1. The average molecular weight is 479 g/mol. The van der Waals surface area contributed by atoms with Crippen LogP contribution in [0.1, 0.15) is 110 Å². The van der Waals surface area contributed by atoms with Crippen LogP contribution in [0.3, 0.4) is 0 Å². The number of rotatable bonds is 1. The van der Waals surface area contributed by atoms with E-state index in [0.717, 1.165) is 17.9 Å². The molecular formula is C32H46O3. The molecular weight excluding hydrogens is 432 g/mol. The molecule has 3 heteroatoms. The van der Waals surface area contributed by atoms with Crippen LogP contribution < -0.4 is 9.47 Å². The van der Waals surface area contributed by atoms with Crippen molar-refractivity contribution in [2.75, 3.05) is 6.61 Å². The molecule has 3 nitrogen and oxygen atoms in total. The number of aliphatic hydroxyl groups excluding tert-OH is 1. The molecule has 1 aliphatic heterocycles. The molecule has 0 radical (unpaired) electrons. The summed E-state index contributed by atoms with van der Waals surface area (Å²) < 4.78 is 12.5. The van der Waals surface area contributed by atoms with Gasteiger partial charge >= 0.3 is 0 Å². The Bertz CT molecular complexity index is 1130. The number of ether oxygens (including phenoxy) is 2. The van der Waals surface area contributed by atoms with Crippen molar-refractivity contribution in [3.63, 3.8) is 0 Å². The van der Waals surface area contributed by atoms with E-state index in [-0.39, 0.29) is 21.7 Å². The smallest absolute Gasteiger partial charge is 0.246 e. The van der Waals surface area contributed by atoms with E-state index in [4.69, 9.17) is 9.47 Å². The van der Waals surface area contributed by atoms with Crippen molar-refractivity contribution in [3.8, 4) is 11.5 Å². The molecule has 1 aromatic rings. The van der Waals surface area contributed by atoms with Gasteiger partial charge in [0.15, 0.2) is 11.5 Å². The maximum absolute atomic E-state index is 10.3. The lowest BCUT2D eigenvalue weighted by atomic mass is 9.34. The number of allylic oxidation sites excluding steroid dienone is 2. The molecule has 0 saturated heterocycles. The van der Waals surface area contributed by atoms with Gasteiger partial charge in [-0.2, -0.15) is 0 Å². The first-order valence-corrected chi connectivity index (χ1v) is 14.1. The topological polar surface area (TPSA) is 38.7 Å². The summed E-state index contributed by atoms with van der Waals surface area (Å²) in [7, 11) is 0. The molecule has 5 aliphatic rings. The molecule has 0 amide bonds. The van der Waals surface area contributed by atoms with Gasteiger partial charge in [0.1, 0.15) is 0 Å². The van der Waals surface area contributed by atoms with Crippen LogP contribution in [0.4, 0.5) is 0 Å². The zero-order valence-electron chi connectivity index (χ0n) is 23.4. The minimum Gasteiger partial charge on any atom is -0.449 e. The van der Waals surface area contributed by atoms with Crippen LogP contribution in [-0.2, 0) is 11.8 Å². The van der Waals surface area contributed by atoms with Crippen molar-refractivity contribution < 1.29 is 14.6 Å². The molecule has 3 fully saturated rings. The summed E-state index contributed by atoms with van der Waals surface area (Å²) in [6, 6.07) is 2.34. The fraction of sp³-hybridized carbons (Fsp3) is 0.750. The Kier molecular flexibility index (Phi) is 4.70. The Labute approximate surface area is 212 Å². The Balaban J connectivity index is 1.45. The first kappa shape index (κ1) is 23.9. The van der Waals surface area contributed by atoms with E-state index >= 15 is 0 Å². The van der Waals surface area contributed by atoms with Crippen LogP contribution in [-0.4, -0.2) is 17.5 Å². The highest BCUT2D eigenvalue weighted by molar-refractivity contribution is 5.62. The van der Waals surface area contributed by atoms with E-state index in [1.807, 2.05) is 13.8 Å². The molecule has 3 saturated carbocycles. The van der Waals surface area contributed by atoms with Crippen LogP contribution in [0.25, 0.3) is 0 Å². The predicted molar refractivity (Wildman–Crippen MR) is 141 cm³/mol. The van der Waals surface area contributed by atoms with Gasteiger partial charge in [0.25, 0.3) is 0 Å². The Hall–Kier alpha value is -1.48. The molecule has 0 spiro atoms. The average Bonchev–Trinajstić information content (AvgIpc) is 3.12. The van der Waals surface area contributed by atoms with Gasteiger partial charge in [0, 0.05) is 25.9 Å². The summed E-state index contributed by atoms with van der Waals surface area (Å²) in [5.74, 6) is 1.93. The van der Waals surface area contributed by atoms with Crippen LogP contribution in [0.15, 0.2) is 17.7 Å². The normalized spacial score (nSPS) is 45.1. The van der Waals surface area contributed by atoms with E-state index in [0.29, 0.717) is 17.9 Å². The molecule has 0 bridgehead atoms. The summed E-state index contributed by atoms with van der Waals surface area (Å²) in [6.07, 6.45) is 12.2. The fourth-order valence-corrected chi connectivity index (χ4v) is 9.62. The molecule has 35 heavy (non-hydrogen) atoms. The quantitative estimate of drug-likeness (QED) is 0.421. The number of fused-ring (bicyclic) bond motifs is 8. The lowest BCUT2D eigenvalue weighted by Crippen LogP contribution is -2.62. The maximum atomic E-state index is 10.3. The lowest BCUT2D eigenvalue weighted by Gasteiger charge is -2.70. The van der Waals surface area contributed by atoms with E-state index in [1.54, 1.807) is 5.57 Å². The van der Waals surface area contributed by atoms with Crippen molar-refractivity contribution in [3.05, 3.63) is 34.4 Å². The highest BCUT2D eigenvalue weighted by Gasteiger charge is 2.66. The third kappa shape index (κ3) is 2.94. The van der Waals surface area contributed by atoms with Crippen LogP contribution in [0.5, 0.6) is 11.5 Å². The van der Waals surface area contributed by atoms with E-state index < -0.39 is 5.79 Å². The van der Waals surface area contributed by atoms with Crippen molar-refractivity contribution in [1.82, 2.24) is 0 Å². The lowest BCUT2D eigenvalue weighted by molar-refractivity contribution is -0.163. The Morgan fingerprint density at radius 2 is 1.63 bits per heavy atom. The van der Waals surface area contributed by atoms with E-state index in [9.17, 15) is 5.11 Å². The van der Waals surface area contributed by atoms with Crippen LogP contribution >= 0.6 is 0 Å². The molecule has 6 rings (SSSR count). The minimum atomic E-state index is -0.598. The number of aliphatic hydroxyl groups is 1. The largest absolute Gasteiger partial charge is 0.449 e. The van der Waals surface area contributed by atoms with Crippen molar-refractivity contribution in [2.45, 2.75) is 118 Å². The van der Waals surface area contributed by atoms with Crippen molar-refractivity contribution in [1.29, 1.82) is 0 Å². The van der Waals surface area contributed by atoms with Gasteiger partial charge in [0.2, 0.25) is 5.79 Å². The molecule has 0 aromatic heterocycles. The van der Waals surface area contributed by atoms with E-state index in [2.05, 4.69) is 53.7 Å².